The van der Waals surface area contributed by atoms with E-state index >= 15 is 0 Å². The van der Waals surface area contributed by atoms with E-state index in [-0.39, 0.29) is 11.7 Å². The fraction of sp³-hybridized carbons (Fsp3) is 0.176. The Morgan fingerprint density at radius 1 is 1.18 bits per heavy atom. The Bertz CT molecular complexity index is 713. The van der Waals surface area contributed by atoms with Gasteiger partial charge in [0.1, 0.15) is 5.75 Å². The summed E-state index contributed by atoms with van der Waals surface area (Å²) in [4.78, 5) is 23.8. The minimum absolute atomic E-state index is 0.0578. The quantitative estimate of drug-likeness (QED) is 0.841. The van der Waals surface area contributed by atoms with E-state index in [2.05, 4.69) is 5.32 Å². The first kappa shape index (κ1) is 16.0. The highest BCUT2D eigenvalue weighted by molar-refractivity contribution is 6.31. The summed E-state index contributed by atoms with van der Waals surface area (Å²) in [6.07, 6.45) is 0. The molecule has 2 aromatic carbocycles. The van der Waals surface area contributed by atoms with Gasteiger partial charge < -0.3 is 10.1 Å². The summed E-state index contributed by atoms with van der Waals surface area (Å²) in [6, 6.07) is 11.6. The van der Waals surface area contributed by atoms with Crippen LogP contribution in [0.4, 0.5) is 5.69 Å². The lowest BCUT2D eigenvalue weighted by atomic mass is 10.1. The van der Waals surface area contributed by atoms with Crippen LogP contribution in [0.3, 0.4) is 0 Å². The van der Waals surface area contributed by atoms with Crippen LogP contribution in [0.1, 0.15) is 34.6 Å². The third kappa shape index (κ3) is 3.86. The topological polar surface area (TPSA) is 55.4 Å². The second-order valence-corrected chi connectivity index (χ2v) is 5.10. The number of rotatable bonds is 5. The van der Waals surface area contributed by atoms with E-state index in [4.69, 9.17) is 16.3 Å². The number of hydrogen-bond donors (Lipinski definition) is 1. The molecule has 0 aliphatic rings. The second kappa shape index (κ2) is 7.09. The van der Waals surface area contributed by atoms with E-state index in [0.29, 0.717) is 34.2 Å². The third-order valence-electron chi connectivity index (χ3n) is 3.02. The van der Waals surface area contributed by atoms with E-state index in [1.165, 1.54) is 6.92 Å². The summed E-state index contributed by atoms with van der Waals surface area (Å²) in [7, 11) is 0. The van der Waals surface area contributed by atoms with Gasteiger partial charge in [0.05, 0.1) is 12.2 Å². The van der Waals surface area contributed by atoms with Gasteiger partial charge in [0.15, 0.2) is 5.78 Å². The van der Waals surface area contributed by atoms with Crippen LogP contribution in [0.25, 0.3) is 0 Å². The van der Waals surface area contributed by atoms with Crippen molar-refractivity contribution >= 4 is 29.0 Å². The van der Waals surface area contributed by atoms with Crippen LogP contribution in [0.15, 0.2) is 42.5 Å². The standard InChI is InChI=1S/C17H16ClNO3/c1-3-22-16-10-13(18)7-8-15(16)17(21)19-14-6-4-5-12(9-14)11(2)20/h4-10H,3H2,1-2H3,(H,19,21). The van der Waals surface area contributed by atoms with Crippen LogP contribution in [-0.2, 0) is 0 Å². The molecular weight excluding hydrogens is 302 g/mol. The number of ketones is 1. The van der Waals surface area contributed by atoms with E-state index in [1.807, 2.05) is 6.92 Å². The molecule has 2 aromatic rings. The molecular formula is C17H16ClNO3. The molecule has 0 fully saturated rings. The highest BCUT2D eigenvalue weighted by atomic mass is 35.5. The van der Waals surface area contributed by atoms with Crippen LogP contribution in [-0.4, -0.2) is 18.3 Å². The molecule has 5 heteroatoms. The number of Topliss-reactive ketones (excluding diaryl/α,β-unsaturated/α-hetero) is 1. The first-order valence-electron chi connectivity index (χ1n) is 6.86. The molecule has 1 N–H and O–H groups in total. The van der Waals surface area contributed by atoms with Gasteiger partial charge in [-0.2, -0.15) is 0 Å². The first-order valence-corrected chi connectivity index (χ1v) is 7.23. The highest BCUT2D eigenvalue weighted by Crippen LogP contribution is 2.24. The van der Waals surface area contributed by atoms with Gasteiger partial charge in [0.2, 0.25) is 0 Å². The zero-order chi connectivity index (χ0) is 16.1. The molecule has 0 aliphatic carbocycles. The van der Waals surface area contributed by atoms with Gasteiger partial charge >= 0.3 is 0 Å². The fourth-order valence-electron chi connectivity index (χ4n) is 1.97. The molecule has 0 unspecified atom stereocenters. The van der Waals surface area contributed by atoms with Gasteiger partial charge in [-0.3, -0.25) is 9.59 Å². The van der Waals surface area contributed by atoms with Gasteiger partial charge in [-0.25, -0.2) is 0 Å². The summed E-state index contributed by atoms with van der Waals surface area (Å²) in [5.74, 6) is 0.0497. The number of amides is 1. The molecule has 0 aromatic heterocycles. The van der Waals surface area contributed by atoms with Crippen molar-refractivity contribution in [2.24, 2.45) is 0 Å². The Kier molecular flexibility index (Phi) is 5.17. The maximum atomic E-state index is 12.4. The summed E-state index contributed by atoms with van der Waals surface area (Å²) >= 11 is 5.92. The van der Waals surface area contributed by atoms with Crippen molar-refractivity contribution in [3.63, 3.8) is 0 Å². The highest BCUT2D eigenvalue weighted by Gasteiger charge is 2.14. The average Bonchev–Trinajstić information content (AvgIpc) is 2.48. The van der Waals surface area contributed by atoms with Gasteiger partial charge in [-0.1, -0.05) is 23.7 Å². The largest absolute Gasteiger partial charge is 0.493 e. The molecule has 0 heterocycles. The molecule has 22 heavy (non-hydrogen) atoms. The van der Waals surface area contributed by atoms with Crippen molar-refractivity contribution in [1.29, 1.82) is 0 Å². The van der Waals surface area contributed by atoms with Crippen molar-refractivity contribution in [3.8, 4) is 5.75 Å². The number of carbonyl (C=O) groups is 2. The number of ether oxygens (including phenoxy) is 1. The number of hydrogen-bond acceptors (Lipinski definition) is 3. The zero-order valence-corrected chi connectivity index (χ0v) is 13.1. The number of halogens is 1. The molecule has 0 bridgehead atoms. The second-order valence-electron chi connectivity index (χ2n) is 4.66. The van der Waals surface area contributed by atoms with E-state index in [0.717, 1.165) is 0 Å². The molecule has 0 saturated heterocycles. The lowest BCUT2D eigenvalue weighted by Crippen LogP contribution is -2.14. The molecule has 0 radical (unpaired) electrons. The first-order chi connectivity index (χ1) is 10.5. The van der Waals surface area contributed by atoms with E-state index in [9.17, 15) is 9.59 Å². The predicted molar refractivity (Wildman–Crippen MR) is 87.0 cm³/mol. The lowest BCUT2D eigenvalue weighted by Gasteiger charge is -2.11. The van der Waals surface area contributed by atoms with Crippen LogP contribution in [0.2, 0.25) is 5.02 Å². The van der Waals surface area contributed by atoms with Crippen LogP contribution in [0, 0.1) is 0 Å². The summed E-state index contributed by atoms with van der Waals surface area (Å²) in [5, 5.41) is 3.26. The lowest BCUT2D eigenvalue weighted by molar-refractivity contribution is 0.100. The Hall–Kier alpha value is -2.33. The maximum absolute atomic E-state index is 12.4. The minimum atomic E-state index is -0.319. The van der Waals surface area contributed by atoms with Crippen LogP contribution in [0.5, 0.6) is 5.75 Å². The predicted octanol–water partition coefficient (Wildman–Crippen LogP) is 4.19. The van der Waals surface area contributed by atoms with Gasteiger partial charge in [0.25, 0.3) is 5.91 Å². The van der Waals surface area contributed by atoms with Crippen molar-refractivity contribution < 1.29 is 14.3 Å². The van der Waals surface area contributed by atoms with E-state index in [1.54, 1.807) is 42.5 Å². The number of carbonyl (C=O) groups excluding carboxylic acids is 2. The molecule has 0 atom stereocenters. The summed E-state index contributed by atoms with van der Waals surface area (Å²) < 4.78 is 5.44. The Morgan fingerprint density at radius 3 is 2.64 bits per heavy atom. The maximum Gasteiger partial charge on any atom is 0.259 e. The molecule has 0 aliphatic heterocycles. The molecule has 2 rings (SSSR count). The summed E-state index contributed by atoms with van der Waals surface area (Å²) in [6.45, 7) is 3.74. The molecule has 1 amide bonds. The van der Waals surface area contributed by atoms with Crippen LogP contribution < -0.4 is 10.1 Å². The third-order valence-corrected chi connectivity index (χ3v) is 3.25. The molecule has 114 valence electrons. The van der Waals surface area contributed by atoms with Gasteiger partial charge in [-0.15, -0.1) is 0 Å². The van der Waals surface area contributed by atoms with Gasteiger partial charge in [0, 0.05) is 16.3 Å². The fourth-order valence-corrected chi connectivity index (χ4v) is 2.14. The number of anilines is 1. The summed E-state index contributed by atoms with van der Waals surface area (Å²) in [5.41, 5.74) is 1.48. The number of benzene rings is 2. The van der Waals surface area contributed by atoms with Crippen molar-refractivity contribution in [2.45, 2.75) is 13.8 Å². The SMILES string of the molecule is CCOc1cc(Cl)ccc1C(=O)Nc1cccc(C(C)=O)c1. The Labute approximate surface area is 134 Å². The van der Waals surface area contributed by atoms with Crippen molar-refractivity contribution in [3.05, 3.63) is 58.6 Å². The van der Waals surface area contributed by atoms with Crippen molar-refractivity contribution in [2.75, 3.05) is 11.9 Å². The Balaban J connectivity index is 2.26. The zero-order valence-electron chi connectivity index (χ0n) is 12.4. The normalized spacial score (nSPS) is 10.1. The van der Waals surface area contributed by atoms with E-state index < -0.39 is 0 Å². The molecule has 0 saturated carbocycles. The van der Waals surface area contributed by atoms with Gasteiger partial charge in [-0.05, 0) is 44.2 Å². The monoisotopic (exact) mass is 317 g/mol. The molecule has 0 spiro atoms. The Morgan fingerprint density at radius 2 is 1.95 bits per heavy atom. The van der Waals surface area contributed by atoms with Crippen molar-refractivity contribution in [1.82, 2.24) is 0 Å². The average molecular weight is 318 g/mol. The number of nitrogens with one attached hydrogen (secondary N) is 1. The molecule has 4 nitrogen and oxygen atoms in total. The van der Waals surface area contributed by atoms with Crippen LogP contribution >= 0.6 is 11.6 Å². The smallest absolute Gasteiger partial charge is 0.259 e. The minimum Gasteiger partial charge on any atom is -0.493 e.